The number of ether oxygens (including phenoxy) is 1. The van der Waals surface area contributed by atoms with Crippen LogP contribution in [0.15, 0.2) is 36.7 Å². The lowest BCUT2D eigenvalue weighted by molar-refractivity contribution is 0.275. The molecule has 20 heavy (non-hydrogen) atoms. The number of nitrogens with one attached hydrogen (secondary N) is 1. The van der Waals surface area contributed by atoms with Gasteiger partial charge in [-0.1, -0.05) is 32.0 Å². The number of para-hydroxylation sites is 1. The van der Waals surface area contributed by atoms with Crippen LogP contribution in [-0.4, -0.2) is 21.1 Å². The summed E-state index contributed by atoms with van der Waals surface area (Å²) in [6.07, 6.45) is 3.47. The number of aromatic nitrogens is 2. The van der Waals surface area contributed by atoms with Gasteiger partial charge in [0.2, 0.25) is 0 Å². The minimum atomic E-state index is -0.0768. The van der Waals surface area contributed by atoms with Crippen LogP contribution in [-0.2, 0) is 13.2 Å². The Hall–Kier alpha value is -1.98. The van der Waals surface area contributed by atoms with Gasteiger partial charge in [0.25, 0.3) is 0 Å². The number of aliphatic hydroxyl groups excluding tert-OH is 1. The molecular formula is C15H19N3O2. The molecule has 0 spiro atoms. The average molecular weight is 273 g/mol. The summed E-state index contributed by atoms with van der Waals surface area (Å²) in [5.74, 6) is 0.572. The third-order valence-corrected chi connectivity index (χ3v) is 2.74. The molecule has 2 aromatic rings. The van der Waals surface area contributed by atoms with Gasteiger partial charge in [0, 0.05) is 36.1 Å². The maximum Gasteiger partial charge on any atom is 0.321 e. The lowest BCUT2D eigenvalue weighted by atomic mass is 10.2. The quantitative estimate of drug-likeness (QED) is 0.845. The first-order chi connectivity index (χ1) is 9.69. The first kappa shape index (κ1) is 14.4. The number of benzene rings is 1. The summed E-state index contributed by atoms with van der Waals surface area (Å²) in [7, 11) is 0. The largest absolute Gasteiger partial charge is 0.424 e. The smallest absolute Gasteiger partial charge is 0.321 e. The SMILES string of the molecule is CC(C)NCc1cnc(Oc2ccccc2CO)nc1. The monoisotopic (exact) mass is 273 g/mol. The highest BCUT2D eigenvalue weighted by Crippen LogP contribution is 2.22. The van der Waals surface area contributed by atoms with Gasteiger partial charge in [0.1, 0.15) is 5.75 Å². The summed E-state index contributed by atoms with van der Waals surface area (Å²) in [5.41, 5.74) is 1.71. The molecule has 2 rings (SSSR count). The van der Waals surface area contributed by atoms with Gasteiger partial charge in [-0.25, -0.2) is 9.97 Å². The van der Waals surface area contributed by atoms with Crippen molar-refractivity contribution in [2.24, 2.45) is 0 Å². The summed E-state index contributed by atoms with van der Waals surface area (Å²) in [6.45, 7) is 4.83. The van der Waals surface area contributed by atoms with Gasteiger partial charge in [-0.15, -0.1) is 0 Å². The van der Waals surface area contributed by atoms with E-state index in [0.29, 0.717) is 17.4 Å². The van der Waals surface area contributed by atoms with E-state index in [0.717, 1.165) is 12.1 Å². The molecule has 0 atom stereocenters. The van der Waals surface area contributed by atoms with Crippen molar-refractivity contribution >= 4 is 0 Å². The zero-order valence-electron chi connectivity index (χ0n) is 11.7. The fourth-order valence-electron chi connectivity index (χ4n) is 1.64. The van der Waals surface area contributed by atoms with Gasteiger partial charge in [0.15, 0.2) is 0 Å². The van der Waals surface area contributed by atoms with Crippen LogP contribution >= 0.6 is 0 Å². The molecular weight excluding hydrogens is 254 g/mol. The van der Waals surface area contributed by atoms with Gasteiger partial charge in [-0.05, 0) is 6.07 Å². The molecule has 0 aliphatic heterocycles. The Kier molecular flexibility index (Phi) is 5.03. The maximum absolute atomic E-state index is 9.23. The lowest BCUT2D eigenvalue weighted by Crippen LogP contribution is -2.21. The first-order valence-electron chi connectivity index (χ1n) is 6.60. The minimum absolute atomic E-state index is 0.0768. The van der Waals surface area contributed by atoms with Crippen molar-refractivity contribution in [3.63, 3.8) is 0 Å². The molecule has 0 bridgehead atoms. The van der Waals surface area contributed by atoms with Crippen molar-refractivity contribution in [1.29, 1.82) is 0 Å². The van der Waals surface area contributed by atoms with Crippen molar-refractivity contribution in [3.8, 4) is 11.8 Å². The van der Waals surface area contributed by atoms with E-state index < -0.39 is 0 Å². The van der Waals surface area contributed by atoms with E-state index in [1.165, 1.54) is 0 Å². The van der Waals surface area contributed by atoms with E-state index in [2.05, 4.69) is 29.1 Å². The van der Waals surface area contributed by atoms with Crippen LogP contribution < -0.4 is 10.1 Å². The zero-order chi connectivity index (χ0) is 14.4. The topological polar surface area (TPSA) is 67.3 Å². The Morgan fingerprint density at radius 2 is 1.90 bits per heavy atom. The van der Waals surface area contributed by atoms with E-state index in [-0.39, 0.29) is 12.6 Å². The summed E-state index contributed by atoms with van der Waals surface area (Å²) in [5, 5.41) is 12.5. The molecule has 5 heteroatoms. The highest BCUT2D eigenvalue weighted by atomic mass is 16.5. The Morgan fingerprint density at radius 1 is 1.20 bits per heavy atom. The number of hydrogen-bond acceptors (Lipinski definition) is 5. The number of hydrogen-bond donors (Lipinski definition) is 2. The molecule has 1 aromatic heterocycles. The molecule has 0 saturated carbocycles. The molecule has 0 saturated heterocycles. The van der Waals surface area contributed by atoms with Gasteiger partial charge >= 0.3 is 6.01 Å². The van der Waals surface area contributed by atoms with Crippen molar-refractivity contribution in [2.45, 2.75) is 33.0 Å². The van der Waals surface area contributed by atoms with Gasteiger partial charge in [-0.3, -0.25) is 0 Å². The second-order valence-electron chi connectivity index (χ2n) is 4.78. The summed E-state index contributed by atoms with van der Waals surface area (Å²) < 4.78 is 5.58. The molecule has 0 radical (unpaired) electrons. The van der Waals surface area contributed by atoms with Crippen LogP contribution in [0.5, 0.6) is 11.8 Å². The van der Waals surface area contributed by atoms with E-state index in [1.54, 1.807) is 24.5 Å². The summed E-state index contributed by atoms with van der Waals surface area (Å²) >= 11 is 0. The average Bonchev–Trinajstić information content (AvgIpc) is 2.47. The van der Waals surface area contributed by atoms with Crippen molar-refractivity contribution < 1.29 is 9.84 Å². The number of nitrogens with zero attached hydrogens (tertiary/aromatic N) is 2. The van der Waals surface area contributed by atoms with E-state index in [1.807, 2.05) is 12.1 Å². The predicted molar refractivity (Wildman–Crippen MR) is 76.4 cm³/mol. The van der Waals surface area contributed by atoms with Crippen LogP contribution in [0.2, 0.25) is 0 Å². The molecule has 0 aliphatic carbocycles. The Bertz CT molecular complexity index is 541. The van der Waals surface area contributed by atoms with Crippen LogP contribution in [0, 0.1) is 0 Å². The van der Waals surface area contributed by atoms with Crippen LogP contribution in [0.1, 0.15) is 25.0 Å². The first-order valence-corrected chi connectivity index (χ1v) is 6.60. The van der Waals surface area contributed by atoms with Gasteiger partial charge < -0.3 is 15.2 Å². The Balaban J connectivity index is 2.03. The van der Waals surface area contributed by atoms with Gasteiger partial charge in [0.05, 0.1) is 6.61 Å². The number of rotatable bonds is 6. The second kappa shape index (κ2) is 6.98. The maximum atomic E-state index is 9.23. The molecule has 2 N–H and O–H groups in total. The fourth-order valence-corrected chi connectivity index (χ4v) is 1.64. The van der Waals surface area contributed by atoms with Crippen molar-refractivity contribution in [1.82, 2.24) is 15.3 Å². The molecule has 0 amide bonds. The third kappa shape index (κ3) is 4.01. The molecule has 1 aromatic carbocycles. The minimum Gasteiger partial charge on any atom is -0.424 e. The van der Waals surface area contributed by atoms with Crippen LogP contribution in [0.3, 0.4) is 0 Å². The molecule has 0 unspecified atom stereocenters. The lowest BCUT2D eigenvalue weighted by Gasteiger charge is -2.09. The Labute approximate surface area is 118 Å². The van der Waals surface area contributed by atoms with Crippen molar-refractivity contribution in [3.05, 3.63) is 47.8 Å². The zero-order valence-corrected chi connectivity index (χ0v) is 11.7. The Morgan fingerprint density at radius 3 is 2.55 bits per heavy atom. The highest BCUT2D eigenvalue weighted by Gasteiger charge is 2.05. The van der Waals surface area contributed by atoms with Crippen molar-refractivity contribution in [2.75, 3.05) is 0 Å². The molecule has 0 fully saturated rings. The normalized spacial score (nSPS) is 10.8. The third-order valence-electron chi connectivity index (χ3n) is 2.74. The standard InChI is InChI=1S/C15H19N3O2/c1-11(2)16-7-12-8-17-15(18-9-12)20-14-6-4-3-5-13(14)10-19/h3-6,8-9,11,16,19H,7,10H2,1-2H3. The molecule has 5 nitrogen and oxygen atoms in total. The van der Waals surface area contributed by atoms with E-state index in [4.69, 9.17) is 4.74 Å². The molecule has 1 heterocycles. The van der Waals surface area contributed by atoms with Gasteiger partial charge in [-0.2, -0.15) is 0 Å². The van der Waals surface area contributed by atoms with Crippen LogP contribution in [0.25, 0.3) is 0 Å². The van der Waals surface area contributed by atoms with Crippen LogP contribution in [0.4, 0.5) is 0 Å². The molecule has 106 valence electrons. The highest BCUT2D eigenvalue weighted by molar-refractivity contribution is 5.34. The second-order valence-corrected chi connectivity index (χ2v) is 4.78. The summed E-state index contributed by atoms with van der Waals surface area (Å²) in [4.78, 5) is 8.34. The van der Waals surface area contributed by atoms with E-state index in [9.17, 15) is 5.11 Å². The predicted octanol–water partition coefficient (Wildman–Crippen LogP) is 2.26. The summed E-state index contributed by atoms with van der Waals surface area (Å²) in [6, 6.07) is 7.97. The molecule has 0 aliphatic rings. The fraction of sp³-hybridized carbons (Fsp3) is 0.333. The number of aliphatic hydroxyl groups is 1. The van der Waals surface area contributed by atoms with E-state index >= 15 is 0 Å².